The molecule has 3 rings (SSSR count). The summed E-state index contributed by atoms with van der Waals surface area (Å²) in [6, 6.07) is 17.9. The minimum atomic E-state index is -0.380. The van der Waals surface area contributed by atoms with E-state index in [-0.39, 0.29) is 18.1 Å². The zero-order valence-electron chi connectivity index (χ0n) is 12.7. The van der Waals surface area contributed by atoms with Crippen LogP contribution in [0.5, 0.6) is 0 Å². The lowest BCUT2D eigenvalue weighted by molar-refractivity contribution is -0.120. The van der Waals surface area contributed by atoms with Gasteiger partial charge in [0, 0.05) is 10.0 Å². The first-order chi connectivity index (χ1) is 11.6. The van der Waals surface area contributed by atoms with Crippen LogP contribution in [-0.4, -0.2) is 12.1 Å². The second-order valence-electron chi connectivity index (χ2n) is 5.24. The number of carbonyl (C=O) groups is 1. The molecule has 120 valence electrons. The predicted molar refractivity (Wildman–Crippen MR) is 97.5 cm³/mol. The molecule has 0 spiro atoms. The Morgan fingerprint density at radius 3 is 2.54 bits per heavy atom. The summed E-state index contributed by atoms with van der Waals surface area (Å²) in [6.07, 6.45) is 1.50. The number of rotatable bonds is 4. The van der Waals surface area contributed by atoms with Gasteiger partial charge >= 0.3 is 0 Å². The Morgan fingerprint density at radius 2 is 1.75 bits per heavy atom. The van der Waals surface area contributed by atoms with Crippen molar-refractivity contribution in [3.05, 3.63) is 82.1 Å². The van der Waals surface area contributed by atoms with Gasteiger partial charge in [0.15, 0.2) is 0 Å². The maximum absolute atomic E-state index is 13.5. The van der Waals surface area contributed by atoms with Crippen molar-refractivity contribution < 1.29 is 9.18 Å². The number of hydrazone groups is 1. The van der Waals surface area contributed by atoms with Crippen molar-refractivity contribution in [2.75, 3.05) is 0 Å². The summed E-state index contributed by atoms with van der Waals surface area (Å²) in [4.78, 5) is 12.1. The van der Waals surface area contributed by atoms with Gasteiger partial charge in [-0.2, -0.15) is 5.10 Å². The normalized spacial score (nSPS) is 11.1. The highest BCUT2D eigenvalue weighted by molar-refractivity contribution is 9.10. The van der Waals surface area contributed by atoms with Gasteiger partial charge in [-0.15, -0.1) is 0 Å². The van der Waals surface area contributed by atoms with E-state index in [1.807, 2.05) is 36.4 Å². The second-order valence-corrected chi connectivity index (χ2v) is 6.10. The van der Waals surface area contributed by atoms with Crippen molar-refractivity contribution in [2.45, 2.75) is 6.42 Å². The number of fused-ring (bicyclic) bond motifs is 1. The molecule has 0 heterocycles. The van der Waals surface area contributed by atoms with E-state index in [4.69, 9.17) is 0 Å². The van der Waals surface area contributed by atoms with E-state index in [1.54, 1.807) is 18.2 Å². The van der Waals surface area contributed by atoms with Crippen LogP contribution in [0.2, 0.25) is 0 Å². The van der Waals surface area contributed by atoms with Crippen LogP contribution in [0.4, 0.5) is 4.39 Å². The van der Waals surface area contributed by atoms with E-state index in [1.165, 1.54) is 12.3 Å². The molecule has 0 unspecified atom stereocenters. The SMILES string of the molecule is O=C(Cc1ccc(Br)c2ccccc12)N/N=C/c1ccccc1F. The molecule has 3 aromatic carbocycles. The number of carbonyl (C=O) groups excluding carboxylic acids is 1. The van der Waals surface area contributed by atoms with Gasteiger partial charge in [-0.3, -0.25) is 4.79 Å². The number of amides is 1. The molecule has 5 heteroatoms. The molecule has 0 radical (unpaired) electrons. The molecule has 0 saturated carbocycles. The highest BCUT2D eigenvalue weighted by atomic mass is 79.9. The molecule has 3 nitrogen and oxygen atoms in total. The number of nitrogens with zero attached hydrogens (tertiary/aromatic N) is 1. The van der Waals surface area contributed by atoms with Crippen LogP contribution in [0.25, 0.3) is 10.8 Å². The van der Waals surface area contributed by atoms with E-state index in [2.05, 4.69) is 26.5 Å². The standard InChI is InChI=1S/C19H14BrFN2O/c20-17-10-9-13(15-6-2-3-7-16(15)17)11-19(24)23-22-12-14-5-1-4-8-18(14)21/h1-10,12H,11H2,(H,23,24)/b22-12+. The Balaban J connectivity index is 1.72. The molecule has 0 aliphatic heterocycles. The van der Waals surface area contributed by atoms with Crippen LogP contribution in [0.3, 0.4) is 0 Å². The van der Waals surface area contributed by atoms with Gasteiger partial charge in [0.1, 0.15) is 5.82 Å². The fourth-order valence-electron chi connectivity index (χ4n) is 2.44. The van der Waals surface area contributed by atoms with Gasteiger partial charge in [0.05, 0.1) is 12.6 Å². The maximum Gasteiger partial charge on any atom is 0.244 e. The molecule has 0 aliphatic carbocycles. The van der Waals surface area contributed by atoms with Crippen molar-refractivity contribution >= 4 is 38.8 Å². The van der Waals surface area contributed by atoms with Crippen molar-refractivity contribution in [1.29, 1.82) is 0 Å². The molecular formula is C19H14BrFN2O. The quantitative estimate of drug-likeness (QED) is 0.524. The zero-order valence-corrected chi connectivity index (χ0v) is 14.3. The van der Waals surface area contributed by atoms with Crippen molar-refractivity contribution in [3.63, 3.8) is 0 Å². The first kappa shape index (κ1) is 16.3. The number of nitrogens with one attached hydrogen (secondary N) is 1. The van der Waals surface area contributed by atoms with E-state index in [0.29, 0.717) is 5.56 Å². The first-order valence-electron chi connectivity index (χ1n) is 7.38. The van der Waals surface area contributed by atoms with Crippen molar-refractivity contribution in [1.82, 2.24) is 5.43 Å². The van der Waals surface area contributed by atoms with Gasteiger partial charge in [-0.25, -0.2) is 9.82 Å². The van der Waals surface area contributed by atoms with E-state index < -0.39 is 0 Å². The molecule has 0 aliphatic rings. The second kappa shape index (κ2) is 7.36. The molecule has 0 bridgehead atoms. The third-order valence-electron chi connectivity index (χ3n) is 3.61. The van der Waals surface area contributed by atoms with Crippen LogP contribution in [0, 0.1) is 5.82 Å². The lowest BCUT2D eigenvalue weighted by Gasteiger charge is -2.07. The van der Waals surface area contributed by atoms with Gasteiger partial charge in [0.25, 0.3) is 0 Å². The smallest absolute Gasteiger partial charge is 0.244 e. The fraction of sp³-hybridized carbons (Fsp3) is 0.0526. The summed E-state index contributed by atoms with van der Waals surface area (Å²) in [5.41, 5.74) is 3.67. The van der Waals surface area contributed by atoms with Gasteiger partial charge in [-0.1, -0.05) is 64.5 Å². The lowest BCUT2D eigenvalue weighted by Crippen LogP contribution is -2.20. The number of benzene rings is 3. The lowest BCUT2D eigenvalue weighted by atomic mass is 10.0. The van der Waals surface area contributed by atoms with Crippen LogP contribution in [0.1, 0.15) is 11.1 Å². The summed E-state index contributed by atoms with van der Waals surface area (Å²) in [6.45, 7) is 0. The molecule has 0 aromatic heterocycles. The number of halogens is 2. The van der Waals surface area contributed by atoms with Crippen LogP contribution in [0.15, 0.2) is 70.2 Å². The Kier molecular flexibility index (Phi) is 5.01. The monoisotopic (exact) mass is 384 g/mol. The third kappa shape index (κ3) is 3.68. The average Bonchev–Trinajstić information content (AvgIpc) is 2.59. The van der Waals surface area contributed by atoms with E-state index >= 15 is 0 Å². The largest absolute Gasteiger partial charge is 0.273 e. The molecular weight excluding hydrogens is 371 g/mol. The molecule has 24 heavy (non-hydrogen) atoms. The van der Waals surface area contributed by atoms with Crippen LogP contribution < -0.4 is 5.43 Å². The first-order valence-corrected chi connectivity index (χ1v) is 8.17. The van der Waals surface area contributed by atoms with Crippen molar-refractivity contribution in [3.8, 4) is 0 Å². The summed E-state index contributed by atoms with van der Waals surface area (Å²) in [5, 5.41) is 5.89. The minimum Gasteiger partial charge on any atom is -0.273 e. The topological polar surface area (TPSA) is 41.5 Å². The molecule has 1 amide bonds. The van der Waals surface area contributed by atoms with Gasteiger partial charge in [-0.05, 0) is 28.5 Å². The van der Waals surface area contributed by atoms with E-state index in [9.17, 15) is 9.18 Å². The molecule has 1 N–H and O–H groups in total. The third-order valence-corrected chi connectivity index (χ3v) is 4.30. The minimum absolute atomic E-state index is 0.197. The summed E-state index contributed by atoms with van der Waals surface area (Å²) >= 11 is 3.51. The molecule has 0 fully saturated rings. The van der Waals surface area contributed by atoms with Crippen LogP contribution >= 0.6 is 15.9 Å². The summed E-state index contributed by atoms with van der Waals surface area (Å²) in [7, 11) is 0. The van der Waals surface area contributed by atoms with Crippen molar-refractivity contribution in [2.24, 2.45) is 5.10 Å². The Morgan fingerprint density at radius 1 is 1.04 bits per heavy atom. The Labute approximate surface area is 147 Å². The van der Waals surface area contributed by atoms with E-state index in [0.717, 1.165) is 20.8 Å². The fourth-order valence-corrected chi connectivity index (χ4v) is 2.92. The molecule has 0 atom stereocenters. The Hall–Kier alpha value is -2.53. The summed E-state index contributed by atoms with van der Waals surface area (Å²) < 4.78 is 14.5. The van der Waals surface area contributed by atoms with Gasteiger partial charge < -0.3 is 0 Å². The maximum atomic E-state index is 13.5. The number of hydrogen-bond donors (Lipinski definition) is 1. The Bertz CT molecular complexity index is 924. The molecule has 3 aromatic rings. The zero-order chi connectivity index (χ0) is 16.9. The highest BCUT2D eigenvalue weighted by Gasteiger charge is 2.08. The molecule has 0 saturated heterocycles. The number of hydrogen-bond acceptors (Lipinski definition) is 2. The van der Waals surface area contributed by atoms with Gasteiger partial charge in [0.2, 0.25) is 5.91 Å². The predicted octanol–water partition coefficient (Wildman–Crippen LogP) is 4.43. The highest BCUT2D eigenvalue weighted by Crippen LogP contribution is 2.27. The average molecular weight is 385 g/mol. The van der Waals surface area contributed by atoms with Crippen LogP contribution in [-0.2, 0) is 11.2 Å². The summed E-state index contributed by atoms with van der Waals surface area (Å²) in [5.74, 6) is -0.635.